The van der Waals surface area contributed by atoms with E-state index in [1.165, 1.54) is 44.9 Å². The molecule has 3 heterocycles. The first-order valence-corrected chi connectivity index (χ1v) is 33.2. The molecule has 0 aromatic carbocycles. The second kappa shape index (κ2) is 38.0. The molecule has 7 aliphatic rings. The summed E-state index contributed by atoms with van der Waals surface area (Å²) >= 11 is 0. The van der Waals surface area contributed by atoms with Crippen LogP contribution in [0.3, 0.4) is 0 Å². The van der Waals surface area contributed by atoms with E-state index in [1.54, 1.807) is 0 Å². The second-order valence-corrected chi connectivity index (χ2v) is 26.5. The molecule has 0 spiro atoms. The third-order valence-electron chi connectivity index (χ3n) is 18.6. The number of fused-ring (bicyclic) bond motifs is 3. The second-order valence-electron chi connectivity index (χ2n) is 26.5. The Morgan fingerprint density at radius 1 is 0.482 bits per heavy atom. The van der Waals surface area contributed by atoms with Crippen molar-refractivity contribution in [2.24, 2.45) is 45.8 Å². The van der Waals surface area contributed by atoms with Crippen LogP contribution in [0.5, 0.6) is 0 Å². The van der Waals surface area contributed by atoms with Crippen LogP contribution in [0.2, 0.25) is 0 Å². The van der Waals surface area contributed by atoms with Gasteiger partial charge in [-0.15, -0.1) is 0 Å². The molecule has 3 aliphatic heterocycles. The summed E-state index contributed by atoms with van der Waals surface area (Å²) in [5.41, 5.74) is -2.07. The van der Waals surface area contributed by atoms with Crippen LogP contribution in [0.15, 0.2) is 24.3 Å². The van der Waals surface area contributed by atoms with E-state index in [4.69, 9.17) is 33.2 Å². The number of carbonyl (C=O) groups is 7. The van der Waals surface area contributed by atoms with Gasteiger partial charge < -0.3 is 38.1 Å². The van der Waals surface area contributed by atoms with Crippen LogP contribution in [0.1, 0.15) is 253 Å². The van der Waals surface area contributed by atoms with Gasteiger partial charge in [0.1, 0.15) is 37.9 Å². The average molecular weight is 1170 g/mol. The van der Waals surface area contributed by atoms with E-state index in [-0.39, 0.29) is 113 Å². The third-order valence-corrected chi connectivity index (χ3v) is 18.6. The quantitative estimate of drug-likeness (QED) is 0.0242. The minimum atomic E-state index is -1.47. The first-order chi connectivity index (χ1) is 40.1. The van der Waals surface area contributed by atoms with Gasteiger partial charge in [-0.05, 0) is 189 Å². The zero-order valence-corrected chi connectivity index (χ0v) is 52.3. The van der Waals surface area contributed by atoms with Crippen LogP contribution in [0.4, 0.5) is 0 Å². The highest BCUT2D eigenvalue weighted by Gasteiger charge is 2.52. The summed E-state index contributed by atoms with van der Waals surface area (Å²) in [7, 11) is 0. The molecule has 472 valence electrons. The fraction of sp³-hybridized carbons (Fsp3) is 0.838. The van der Waals surface area contributed by atoms with Crippen molar-refractivity contribution in [2.45, 2.75) is 259 Å². The molecule has 0 radical (unpaired) electrons. The van der Waals surface area contributed by atoms with Crippen molar-refractivity contribution < 1.29 is 66.7 Å². The average Bonchev–Trinajstić information content (AvgIpc) is 3.61. The molecule has 3 saturated heterocycles. The van der Waals surface area contributed by atoms with E-state index in [1.807, 2.05) is 19.9 Å². The Kier molecular flexibility index (Phi) is 31.8. The molecule has 4 saturated carbocycles. The van der Waals surface area contributed by atoms with E-state index in [2.05, 4.69) is 43.9 Å². The number of ether oxygens (including phenoxy) is 7. The molecule has 15 nitrogen and oxygen atoms in total. The van der Waals surface area contributed by atoms with Gasteiger partial charge in [0.15, 0.2) is 0 Å². The van der Waals surface area contributed by atoms with Gasteiger partial charge in [-0.2, -0.15) is 0 Å². The lowest BCUT2D eigenvalue weighted by molar-refractivity contribution is -0.175. The highest BCUT2D eigenvalue weighted by molar-refractivity contribution is 5.78. The maximum atomic E-state index is 14.1. The molecular weight excluding hydrogens is 1050 g/mol. The zero-order valence-electron chi connectivity index (χ0n) is 52.3. The van der Waals surface area contributed by atoms with Gasteiger partial charge in [0, 0.05) is 32.1 Å². The highest BCUT2D eigenvalue weighted by Crippen LogP contribution is 2.61. The van der Waals surface area contributed by atoms with E-state index in [0.29, 0.717) is 69.5 Å². The molecule has 83 heavy (non-hydrogen) atoms. The summed E-state index contributed by atoms with van der Waals surface area (Å²) in [5.74, 6) is -1.23. The lowest BCUT2D eigenvalue weighted by Gasteiger charge is -2.56. The topological polar surface area (TPSA) is 187 Å². The first-order valence-electron chi connectivity index (χ1n) is 33.2. The monoisotopic (exact) mass is 1170 g/mol. The lowest BCUT2D eigenvalue weighted by Crippen LogP contribution is -2.52. The largest absolute Gasteiger partial charge is 0.465 e. The molecular formula is C68H111NO14. The highest BCUT2D eigenvalue weighted by atomic mass is 16.6. The molecule has 4 atom stereocenters. The maximum absolute atomic E-state index is 14.1. The van der Waals surface area contributed by atoms with Crippen LogP contribution < -0.4 is 0 Å². The summed E-state index contributed by atoms with van der Waals surface area (Å²) in [6.07, 6.45) is 34.2. The fourth-order valence-electron chi connectivity index (χ4n) is 13.8. The standard InChI is InChI=1S/C68H111NO14/c1-6-9-12-15-17-19-22-38-77-60(71)30-28-54(5)41-63(74)81-51-67(52-82-64(75)48-66-45-55-42-56(46-66)44-57(43-55)47-66,49-79-59(70)27-24-25-53(4)40-62(73)78-39-23-20-18-16-13-10-7-2)50-80-61(72)31-29-58(26-21-14-11-8-3)83-65(76)68-32-35-69(36-33-68)37-34-68/h17-20,53-58H,6-16,21-52H2,1-5H3/b19-17-,20-18-. The van der Waals surface area contributed by atoms with Crippen molar-refractivity contribution in [3.63, 3.8) is 0 Å². The minimum absolute atomic E-state index is 0.0188. The predicted molar refractivity (Wildman–Crippen MR) is 320 cm³/mol. The normalized spacial score (nSPS) is 24.2. The molecule has 4 aliphatic carbocycles. The molecule has 4 unspecified atom stereocenters. The first kappa shape index (κ1) is 69.5. The number of hydrogen-bond acceptors (Lipinski definition) is 15. The Bertz CT molecular complexity index is 1980. The maximum Gasteiger partial charge on any atom is 0.312 e. The number of esters is 7. The predicted octanol–water partition coefficient (Wildman–Crippen LogP) is 14.0. The van der Waals surface area contributed by atoms with Crippen molar-refractivity contribution in [2.75, 3.05) is 59.3 Å². The fourth-order valence-corrected chi connectivity index (χ4v) is 13.8. The van der Waals surface area contributed by atoms with Gasteiger partial charge in [0.05, 0.1) is 25.0 Å². The van der Waals surface area contributed by atoms with Gasteiger partial charge in [-0.3, -0.25) is 33.6 Å². The van der Waals surface area contributed by atoms with Crippen LogP contribution in [0, 0.1) is 45.8 Å². The molecule has 7 rings (SSSR count). The Balaban J connectivity index is 1.24. The van der Waals surface area contributed by atoms with Crippen molar-refractivity contribution in [1.82, 2.24) is 4.90 Å². The van der Waals surface area contributed by atoms with E-state index in [9.17, 15) is 33.6 Å². The SMILES string of the molecule is CCCCC/C=C\CCOC(=O)CCC(C)CC(=O)OCC(COC(=O)CCCC(C)CC(=O)OCC/C=C\CCCCC)(COC(=O)CCC(CCCCCC)OC(=O)C12CCN(CC1)CC2)COC(=O)CC12CC3CC(CC(C3)C1)C2. The van der Waals surface area contributed by atoms with E-state index < -0.39 is 34.8 Å². The number of hydrogen-bond donors (Lipinski definition) is 0. The van der Waals surface area contributed by atoms with Gasteiger partial charge in [-0.25, -0.2) is 0 Å². The molecule has 0 N–H and O–H groups in total. The van der Waals surface area contributed by atoms with Gasteiger partial charge >= 0.3 is 41.8 Å². The summed E-state index contributed by atoms with van der Waals surface area (Å²) in [6, 6.07) is 0. The molecule has 6 bridgehead atoms. The molecule has 0 aromatic rings. The Morgan fingerprint density at radius 2 is 0.928 bits per heavy atom. The lowest BCUT2D eigenvalue weighted by atomic mass is 9.49. The summed E-state index contributed by atoms with van der Waals surface area (Å²) < 4.78 is 41.4. The van der Waals surface area contributed by atoms with Crippen molar-refractivity contribution in [3.8, 4) is 0 Å². The number of allylic oxidation sites excluding steroid dienone is 2. The van der Waals surface area contributed by atoms with Crippen LogP contribution in [-0.4, -0.2) is 112 Å². The summed E-state index contributed by atoms with van der Waals surface area (Å²) in [6.45, 7) is 12.1. The Labute approximate surface area is 499 Å². The minimum Gasteiger partial charge on any atom is -0.465 e. The summed E-state index contributed by atoms with van der Waals surface area (Å²) in [4.78, 5) is 97.0. The van der Waals surface area contributed by atoms with Crippen molar-refractivity contribution in [3.05, 3.63) is 24.3 Å². The molecule has 0 aromatic heterocycles. The number of carbonyl (C=O) groups excluding carboxylic acids is 7. The third kappa shape index (κ3) is 26.5. The zero-order chi connectivity index (χ0) is 59.8. The number of rotatable bonds is 45. The van der Waals surface area contributed by atoms with Gasteiger partial charge in [0.25, 0.3) is 0 Å². The molecule has 7 fully saturated rings. The number of nitrogens with zero attached hydrogens (tertiary/aromatic N) is 1. The van der Waals surface area contributed by atoms with E-state index >= 15 is 0 Å². The van der Waals surface area contributed by atoms with Gasteiger partial charge in [-0.1, -0.05) is 104 Å². The van der Waals surface area contributed by atoms with E-state index in [0.717, 1.165) is 110 Å². The van der Waals surface area contributed by atoms with Crippen LogP contribution in [-0.2, 0) is 66.7 Å². The number of unbranched alkanes of at least 4 members (excludes halogenated alkanes) is 9. The van der Waals surface area contributed by atoms with Crippen molar-refractivity contribution >= 4 is 41.8 Å². The van der Waals surface area contributed by atoms with Gasteiger partial charge in [0.2, 0.25) is 0 Å². The van der Waals surface area contributed by atoms with Crippen LogP contribution >= 0.6 is 0 Å². The summed E-state index contributed by atoms with van der Waals surface area (Å²) in [5, 5.41) is 0. The molecule has 0 amide bonds. The number of piperidine rings is 3. The Morgan fingerprint density at radius 3 is 1.48 bits per heavy atom. The smallest absolute Gasteiger partial charge is 0.312 e. The van der Waals surface area contributed by atoms with Crippen LogP contribution in [0.25, 0.3) is 0 Å². The van der Waals surface area contributed by atoms with Crippen molar-refractivity contribution in [1.29, 1.82) is 0 Å². The molecule has 15 heteroatoms. The Hall–Kier alpha value is -4.27.